The fourth-order valence-electron chi connectivity index (χ4n) is 1.26. The average Bonchev–Trinajstić information content (AvgIpc) is 2.21. The molecule has 0 heterocycles. The third-order valence-electron chi connectivity index (χ3n) is 2.23. The molecule has 84 valence electrons. The van der Waals surface area contributed by atoms with Crippen molar-refractivity contribution in [3.8, 4) is 0 Å². The van der Waals surface area contributed by atoms with Gasteiger partial charge < -0.3 is 10.4 Å². The van der Waals surface area contributed by atoms with E-state index in [1.807, 2.05) is 6.92 Å². The fourth-order valence-corrected chi connectivity index (χ4v) is 1.26. The second-order valence-corrected chi connectivity index (χ2v) is 3.51. The first-order valence-electron chi connectivity index (χ1n) is 4.92. The first kappa shape index (κ1) is 12.1. The summed E-state index contributed by atoms with van der Waals surface area (Å²) in [6.45, 7) is 2.23. The van der Waals surface area contributed by atoms with E-state index in [1.54, 1.807) is 0 Å². The minimum absolute atomic E-state index is 0.0812. The van der Waals surface area contributed by atoms with Gasteiger partial charge in [0.15, 0.2) is 11.6 Å². The molecular formula is C11H15F2NO. The Morgan fingerprint density at radius 3 is 2.80 bits per heavy atom. The monoisotopic (exact) mass is 215 g/mol. The van der Waals surface area contributed by atoms with Gasteiger partial charge in [0, 0.05) is 24.8 Å². The number of aliphatic hydroxyl groups is 1. The van der Waals surface area contributed by atoms with Gasteiger partial charge in [-0.3, -0.25) is 0 Å². The van der Waals surface area contributed by atoms with E-state index in [2.05, 4.69) is 5.32 Å². The van der Waals surface area contributed by atoms with Crippen LogP contribution in [-0.4, -0.2) is 17.8 Å². The van der Waals surface area contributed by atoms with Crippen LogP contribution in [0.4, 0.5) is 8.78 Å². The minimum Gasteiger partial charge on any atom is -0.396 e. The van der Waals surface area contributed by atoms with Gasteiger partial charge in [-0.2, -0.15) is 0 Å². The number of benzene rings is 1. The Morgan fingerprint density at radius 2 is 2.13 bits per heavy atom. The predicted octanol–water partition coefficient (Wildman–Crippen LogP) is 1.83. The van der Waals surface area contributed by atoms with Gasteiger partial charge in [0.2, 0.25) is 0 Å². The number of hydrogen-bond donors (Lipinski definition) is 2. The van der Waals surface area contributed by atoms with Gasteiger partial charge in [-0.15, -0.1) is 0 Å². The van der Waals surface area contributed by atoms with Crippen LogP contribution in [-0.2, 0) is 6.54 Å². The smallest absolute Gasteiger partial charge is 0.163 e. The van der Waals surface area contributed by atoms with Crippen LogP contribution in [0.5, 0.6) is 0 Å². The SMILES string of the molecule is C[C@H](CCO)NCc1cccc(F)c1F. The number of aliphatic hydroxyl groups excluding tert-OH is 1. The lowest BCUT2D eigenvalue weighted by Crippen LogP contribution is -2.26. The van der Waals surface area contributed by atoms with Gasteiger partial charge in [0.25, 0.3) is 0 Å². The number of hydrogen-bond acceptors (Lipinski definition) is 2. The van der Waals surface area contributed by atoms with E-state index in [9.17, 15) is 8.78 Å². The molecule has 0 saturated heterocycles. The number of halogens is 2. The second kappa shape index (κ2) is 5.78. The standard InChI is InChI=1S/C11H15F2NO/c1-8(5-6-15)14-7-9-3-2-4-10(12)11(9)13/h2-4,8,14-15H,5-7H2,1H3/t8-/m1/s1. The van der Waals surface area contributed by atoms with Crippen molar-refractivity contribution in [2.24, 2.45) is 0 Å². The molecule has 0 unspecified atom stereocenters. The third-order valence-corrected chi connectivity index (χ3v) is 2.23. The van der Waals surface area contributed by atoms with Crippen molar-refractivity contribution in [1.29, 1.82) is 0 Å². The molecule has 0 aliphatic rings. The van der Waals surface area contributed by atoms with Crippen molar-refractivity contribution in [2.75, 3.05) is 6.61 Å². The second-order valence-electron chi connectivity index (χ2n) is 3.51. The van der Waals surface area contributed by atoms with Crippen LogP contribution >= 0.6 is 0 Å². The Morgan fingerprint density at radius 1 is 1.40 bits per heavy atom. The van der Waals surface area contributed by atoms with Crippen molar-refractivity contribution < 1.29 is 13.9 Å². The fraction of sp³-hybridized carbons (Fsp3) is 0.455. The molecule has 1 atom stereocenters. The van der Waals surface area contributed by atoms with Gasteiger partial charge in [-0.1, -0.05) is 12.1 Å². The van der Waals surface area contributed by atoms with E-state index in [-0.39, 0.29) is 19.2 Å². The summed E-state index contributed by atoms with van der Waals surface area (Å²) in [6.07, 6.45) is 0.594. The van der Waals surface area contributed by atoms with Crippen LogP contribution < -0.4 is 5.32 Å². The van der Waals surface area contributed by atoms with Gasteiger partial charge in [-0.05, 0) is 19.4 Å². The summed E-state index contributed by atoms with van der Waals surface area (Å²) >= 11 is 0. The topological polar surface area (TPSA) is 32.3 Å². The highest BCUT2D eigenvalue weighted by Crippen LogP contribution is 2.11. The van der Waals surface area contributed by atoms with Crippen molar-refractivity contribution in [3.05, 3.63) is 35.4 Å². The molecule has 1 rings (SSSR count). The molecule has 0 aliphatic heterocycles. The molecule has 0 saturated carbocycles. The Labute approximate surface area is 87.9 Å². The maximum absolute atomic E-state index is 13.2. The van der Waals surface area contributed by atoms with Crippen LogP contribution in [0.2, 0.25) is 0 Å². The summed E-state index contributed by atoms with van der Waals surface area (Å²) in [5, 5.41) is 11.7. The molecule has 4 heteroatoms. The van der Waals surface area contributed by atoms with E-state index in [0.717, 1.165) is 6.07 Å². The molecule has 0 aromatic heterocycles. The summed E-state index contributed by atoms with van der Waals surface area (Å²) < 4.78 is 26.0. The van der Waals surface area contributed by atoms with Crippen molar-refractivity contribution in [3.63, 3.8) is 0 Å². The van der Waals surface area contributed by atoms with Crippen LogP contribution in [0.25, 0.3) is 0 Å². The predicted molar refractivity (Wildman–Crippen MR) is 54.4 cm³/mol. The van der Waals surface area contributed by atoms with Crippen molar-refractivity contribution in [1.82, 2.24) is 5.32 Å². The van der Waals surface area contributed by atoms with Gasteiger partial charge in [0.05, 0.1) is 0 Å². The van der Waals surface area contributed by atoms with E-state index in [4.69, 9.17) is 5.11 Å². The lowest BCUT2D eigenvalue weighted by Gasteiger charge is -2.12. The van der Waals surface area contributed by atoms with E-state index < -0.39 is 11.6 Å². The summed E-state index contributed by atoms with van der Waals surface area (Å²) in [5.74, 6) is -1.63. The minimum atomic E-state index is -0.830. The quantitative estimate of drug-likeness (QED) is 0.785. The lowest BCUT2D eigenvalue weighted by molar-refractivity contribution is 0.268. The summed E-state index contributed by atoms with van der Waals surface area (Å²) in [6, 6.07) is 4.19. The summed E-state index contributed by atoms with van der Waals surface area (Å²) in [4.78, 5) is 0. The van der Waals surface area contributed by atoms with Gasteiger partial charge in [-0.25, -0.2) is 8.78 Å². The zero-order valence-corrected chi connectivity index (χ0v) is 8.63. The molecule has 2 N–H and O–H groups in total. The highest BCUT2D eigenvalue weighted by atomic mass is 19.2. The molecule has 0 radical (unpaired) electrons. The Balaban J connectivity index is 2.54. The molecule has 0 spiro atoms. The Kier molecular flexibility index (Phi) is 4.65. The molecule has 2 nitrogen and oxygen atoms in total. The summed E-state index contributed by atoms with van der Waals surface area (Å²) in [5.41, 5.74) is 0.305. The van der Waals surface area contributed by atoms with Crippen LogP contribution in [0.3, 0.4) is 0 Å². The molecule has 0 bridgehead atoms. The largest absolute Gasteiger partial charge is 0.396 e. The lowest BCUT2D eigenvalue weighted by atomic mass is 10.2. The van der Waals surface area contributed by atoms with E-state index >= 15 is 0 Å². The zero-order valence-electron chi connectivity index (χ0n) is 8.63. The molecule has 1 aromatic carbocycles. The van der Waals surface area contributed by atoms with Crippen molar-refractivity contribution in [2.45, 2.75) is 25.9 Å². The van der Waals surface area contributed by atoms with Crippen LogP contribution in [0.1, 0.15) is 18.9 Å². The van der Waals surface area contributed by atoms with Gasteiger partial charge in [0.1, 0.15) is 0 Å². The highest BCUT2D eigenvalue weighted by molar-refractivity contribution is 5.18. The zero-order chi connectivity index (χ0) is 11.3. The first-order valence-corrected chi connectivity index (χ1v) is 4.92. The highest BCUT2D eigenvalue weighted by Gasteiger charge is 2.08. The third kappa shape index (κ3) is 3.57. The molecule has 0 amide bonds. The van der Waals surface area contributed by atoms with Crippen LogP contribution in [0.15, 0.2) is 18.2 Å². The molecule has 15 heavy (non-hydrogen) atoms. The normalized spacial score (nSPS) is 12.8. The Hall–Kier alpha value is -1.00. The van der Waals surface area contributed by atoms with Crippen molar-refractivity contribution >= 4 is 0 Å². The maximum Gasteiger partial charge on any atom is 0.163 e. The van der Waals surface area contributed by atoms with E-state index in [1.165, 1.54) is 12.1 Å². The molecule has 1 aromatic rings. The number of rotatable bonds is 5. The molecule has 0 fully saturated rings. The maximum atomic E-state index is 13.2. The summed E-state index contributed by atoms with van der Waals surface area (Å²) in [7, 11) is 0. The Bertz CT molecular complexity index is 317. The molecular weight excluding hydrogens is 200 g/mol. The average molecular weight is 215 g/mol. The molecule has 0 aliphatic carbocycles. The number of nitrogens with one attached hydrogen (secondary N) is 1. The van der Waals surface area contributed by atoms with Crippen LogP contribution in [0, 0.1) is 11.6 Å². The van der Waals surface area contributed by atoms with Gasteiger partial charge >= 0.3 is 0 Å². The van der Waals surface area contributed by atoms with E-state index in [0.29, 0.717) is 12.0 Å². The first-order chi connectivity index (χ1) is 7.15.